The van der Waals surface area contributed by atoms with E-state index in [1.54, 1.807) is 11.3 Å². The number of nitrogens with one attached hydrogen (secondary N) is 1. The number of benzene rings is 1. The second-order valence-electron chi connectivity index (χ2n) is 5.62. The van der Waals surface area contributed by atoms with E-state index in [-0.39, 0.29) is 18.3 Å². The van der Waals surface area contributed by atoms with Gasteiger partial charge in [0, 0.05) is 11.6 Å². The lowest BCUT2D eigenvalue weighted by Gasteiger charge is -2.09. The van der Waals surface area contributed by atoms with Crippen molar-refractivity contribution in [3.8, 4) is 0 Å². The van der Waals surface area contributed by atoms with Gasteiger partial charge in [0.2, 0.25) is 5.91 Å². The number of anilines is 1. The highest BCUT2D eigenvalue weighted by Crippen LogP contribution is 2.43. The quantitative estimate of drug-likeness (QED) is 0.915. The van der Waals surface area contributed by atoms with Gasteiger partial charge in [0.25, 0.3) is 0 Å². The summed E-state index contributed by atoms with van der Waals surface area (Å²) < 4.78 is 1.14. The SMILES string of the molecule is Cl.NC1(C(=O)Nc2ccc3nc(C4CC4)sc3c2)CC1. The fourth-order valence-corrected chi connectivity index (χ4v) is 3.32. The minimum absolute atomic E-state index is 0. The van der Waals surface area contributed by atoms with E-state index in [9.17, 15) is 4.79 Å². The average Bonchev–Trinajstić information content (AvgIpc) is 3.30. The standard InChI is InChI=1S/C14H15N3OS.ClH/c15-14(5-6-14)13(18)16-9-3-4-10-11(7-9)19-12(17-10)8-1-2-8;/h3-4,7-8H,1-2,5-6,15H2,(H,16,18);1H. The van der Waals surface area contributed by atoms with Crippen molar-refractivity contribution >= 4 is 45.6 Å². The van der Waals surface area contributed by atoms with E-state index in [2.05, 4.69) is 10.3 Å². The number of nitrogens with two attached hydrogens (primary N) is 1. The molecule has 1 aromatic heterocycles. The van der Waals surface area contributed by atoms with Crippen molar-refractivity contribution in [2.24, 2.45) is 5.73 Å². The number of carbonyl (C=O) groups is 1. The van der Waals surface area contributed by atoms with Crippen molar-refractivity contribution < 1.29 is 4.79 Å². The van der Waals surface area contributed by atoms with E-state index in [0.717, 1.165) is 28.7 Å². The van der Waals surface area contributed by atoms with Crippen LogP contribution in [0.15, 0.2) is 18.2 Å². The Morgan fingerprint density at radius 1 is 1.40 bits per heavy atom. The summed E-state index contributed by atoms with van der Waals surface area (Å²) >= 11 is 1.74. The second-order valence-corrected chi connectivity index (χ2v) is 6.68. The number of halogens is 1. The zero-order valence-corrected chi connectivity index (χ0v) is 12.5. The van der Waals surface area contributed by atoms with Crippen LogP contribution in [0.25, 0.3) is 10.2 Å². The van der Waals surface area contributed by atoms with E-state index >= 15 is 0 Å². The first-order valence-corrected chi connectivity index (χ1v) is 7.47. The van der Waals surface area contributed by atoms with Gasteiger partial charge in [-0.15, -0.1) is 23.7 Å². The minimum atomic E-state index is -0.623. The Bertz CT molecular complexity index is 676. The predicted octanol–water partition coefficient (Wildman–Crippen LogP) is 3.03. The summed E-state index contributed by atoms with van der Waals surface area (Å²) in [5.41, 5.74) is 7.10. The lowest BCUT2D eigenvalue weighted by Crippen LogP contribution is -2.37. The normalized spacial score (nSPS) is 19.4. The molecule has 1 heterocycles. The molecule has 106 valence electrons. The molecule has 0 saturated heterocycles. The van der Waals surface area contributed by atoms with Gasteiger partial charge in [0.05, 0.1) is 20.8 Å². The summed E-state index contributed by atoms with van der Waals surface area (Å²) in [4.78, 5) is 16.5. The molecule has 0 unspecified atom stereocenters. The molecule has 2 aromatic rings. The second kappa shape index (κ2) is 4.69. The molecule has 4 rings (SSSR count). The maximum atomic E-state index is 11.9. The van der Waals surface area contributed by atoms with Crippen molar-refractivity contribution in [2.45, 2.75) is 37.1 Å². The molecule has 0 atom stereocenters. The zero-order valence-electron chi connectivity index (χ0n) is 10.9. The molecule has 2 saturated carbocycles. The molecular formula is C14H16ClN3OS. The molecule has 2 fully saturated rings. The van der Waals surface area contributed by atoms with Crippen molar-refractivity contribution in [1.82, 2.24) is 4.98 Å². The topological polar surface area (TPSA) is 68.0 Å². The van der Waals surface area contributed by atoms with Gasteiger partial charge < -0.3 is 11.1 Å². The number of fused-ring (bicyclic) bond motifs is 1. The molecule has 1 aromatic carbocycles. The highest BCUT2D eigenvalue weighted by atomic mass is 35.5. The minimum Gasteiger partial charge on any atom is -0.324 e. The first-order chi connectivity index (χ1) is 9.14. The van der Waals surface area contributed by atoms with Crippen LogP contribution in [-0.4, -0.2) is 16.4 Å². The number of hydrogen-bond donors (Lipinski definition) is 2. The molecule has 4 nitrogen and oxygen atoms in total. The molecular weight excluding hydrogens is 294 g/mol. The number of thiazole rings is 1. The van der Waals surface area contributed by atoms with Gasteiger partial charge in [0.15, 0.2) is 0 Å². The van der Waals surface area contributed by atoms with E-state index in [1.807, 2.05) is 18.2 Å². The van der Waals surface area contributed by atoms with E-state index in [1.165, 1.54) is 17.8 Å². The molecule has 3 N–H and O–H groups in total. The number of carbonyl (C=O) groups excluding carboxylic acids is 1. The Labute approximate surface area is 127 Å². The van der Waals surface area contributed by atoms with Crippen molar-refractivity contribution in [2.75, 3.05) is 5.32 Å². The van der Waals surface area contributed by atoms with Crippen LogP contribution >= 0.6 is 23.7 Å². The maximum absolute atomic E-state index is 11.9. The fraction of sp³-hybridized carbons (Fsp3) is 0.429. The van der Waals surface area contributed by atoms with Gasteiger partial charge >= 0.3 is 0 Å². The Balaban J connectivity index is 0.00000121. The zero-order chi connectivity index (χ0) is 13.0. The van der Waals surface area contributed by atoms with Crippen LogP contribution in [0.1, 0.15) is 36.6 Å². The van der Waals surface area contributed by atoms with Crippen molar-refractivity contribution in [1.29, 1.82) is 0 Å². The van der Waals surface area contributed by atoms with Crippen LogP contribution < -0.4 is 11.1 Å². The highest BCUT2D eigenvalue weighted by Gasteiger charge is 2.45. The number of aromatic nitrogens is 1. The first kappa shape index (κ1) is 13.8. The summed E-state index contributed by atoms with van der Waals surface area (Å²) in [5, 5.41) is 4.14. The highest BCUT2D eigenvalue weighted by molar-refractivity contribution is 7.18. The van der Waals surface area contributed by atoms with Crippen molar-refractivity contribution in [3.05, 3.63) is 23.2 Å². The Kier molecular flexibility index (Phi) is 3.23. The van der Waals surface area contributed by atoms with Crippen LogP contribution in [0, 0.1) is 0 Å². The number of nitrogens with zero attached hydrogens (tertiary/aromatic N) is 1. The number of hydrogen-bond acceptors (Lipinski definition) is 4. The Morgan fingerprint density at radius 2 is 2.15 bits per heavy atom. The Morgan fingerprint density at radius 3 is 2.80 bits per heavy atom. The lowest BCUT2D eigenvalue weighted by molar-refractivity contribution is -0.118. The van der Waals surface area contributed by atoms with Gasteiger partial charge in [-0.3, -0.25) is 4.79 Å². The molecule has 0 bridgehead atoms. The summed E-state index contributed by atoms with van der Waals surface area (Å²) in [6.45, 7) is 0. The first-order valence-electron chi connectivity index (χ1n) is 6.65. The molecule has 2 aliphatic rings. The van der Waals surface area contributed by atoms with Gasteiger partial charge in [-0.25, -0.2) is 4.98 Å². The van der Waals surface area contributed by atoms with E-state index < -0.39 is 5.54 Å². The van der Waals surface area contributed by atoms with Crippen LogP contribution in [-0.2, 0) is 4.79 Å². The molecule has 0 aliphatic heterocycles. The van der Waals surface area contributed by atoms with Gasteiger partial charge in [-0.1, -0.05) is 0 Å². The number of rotatable bonds is 3. The monoisotopic (exact) mass is 309 g/mol. The van der Waals surface area contributed by atoms with Gasteiger partial charge in [0.1, 0.15) is 0 Å². The van der Waals surface area contributed by atoms with Crippen LogP contribution in [0.4, 0.5) is 5.69 Å². The summed E-state index contributed by atoms with van der Waals surface area (Å²) in [7, 11) is 0. The van der Waals surface area contributed by atoms with Crippen molar-refractivity contribution in [3.63, 3.8) is 0 Å². The van der Waals surface area contributed by atoms with E-state index in [0.29, 0.717) is 5.92 Å². The van der Waals surface area contributed by atoms with Crippen LogP contribution in [0.2, 0.25) is 0 Å². The molecule has 6 heteroatoms. The largest absolute Gasteiger partial charge is 0.324 e. The molecule has 1 amide bonds. The third-order valence-corrected chi connectivity index (χ3v) is 5.01. The fourth-order valence-electron chi connectivity index (χ4n) is 2.14. The smallest absolute Gasteiger partial charge is 0.244 e. The Hall–Kier alpha value is -1.17. The summed E-state index contributed by atoms with van der Waals surface area (Å²) in [6, 6.07) is 5.88. The van der Waals surface area contributed by atoms with Crippen LogP contribution in [0.5, 0.6) is 0 Å². The molecule has 0 spiro atoms. The third kappa shape index (κ3) is 2.41. The van der Waals surface area contributed by atoms with Gasteiger partial charge in [-0.05, 0) is 43.9 Å². The summed E-state index contributed by atoms with van der Waals surface area (Å²) in [5.74, 6) is 0.605. The average molecular weight is 310 g/mol. The predicted molar refractivity (Wildman–Crippen MR) is 83.6 cm³/mol. The maximum Gasteiger partial charge on any atom is 0.244 e. The lowest BCUT2D eigenvalue weighted by atomic mass is 10.2. The molecule has 0 radical (unpaired) electrons. The third-order valence-electron chi connectivity index (χ3n) is 3.83. The number of amides is 1. The van der Waals surface area contributed by atoms with E-state index in [4.69, 9.17) is 5.73 Å². The molecule has 20 heavy (non-hydrogen) atoms. The van der Waals surface area contributed by atoms with Gasteiger partial charge in [-0.2, -0.15) is 0 Å². The molecule has 2 aliphatic carbocycles. The van der Waals surface area contributed by atoms with Crippen LogP contribution in [0.3, 0.4) is 0 Å². The summed E-state index contributed by atoms with van der Waals surface area (Å²) in [6.07, 6.45) is 4.10.